The molecule has 2 heterocycles. The number of rotatable bonds is 5. The maximum absolute atomic E-state index is 10.7. The number of aldehydes is 1. The maximum Gasteiger partial charge on any atom is 0.213 e. The number of nitrogens with zero attached hydrogens (tertiary/aromatic N) is 3. The third-order valence-electron chi connectivity index (χ3n) is 3.51. The fraction of sp³-hybridized carbons (Fsp3) is 0.571. The first-order valence-electron chi connectivity index (χ1n) is 6.64. The van der Waals surface area contributed by atoms with E-state index in [-0.39, 0.29) is 0 Å². The highest BCUT2D eigenvalue weighted by Crippen LogP contribution is 2.12. The average molecular weight is 263 g/mol. The van der Waals surface area contributed by atoms with Gasteiger partial charge in [-0.25, -0.2) is 4.98 Å². The molecule has 19 heavy (non-hydrogen) atoms. The molecule has 0 aromatic carbocycles. The molecule has 5 heteroatoms. The third kappa shape index (κ3) is 4.01. The highest BCUT2D eigenvalue weighted by atomic mass is 16.5. The summed E-state index contributed by atoms with van der Waals surface area (Å²) < 4.78 is 5.63. The Morgan fingerprint density at radius 2 is 2.11 bits per heavy atom. The molecule has 1 saturated heterocycles. The summed E-state index contributed by atoms with van der Waals surface area (Å²) in [6.07, 6.45) is 2.38. The number of ether oxygens (including phenoxy) is 1. The summed E-state index contributed by atoms with van der Waals surface area (Å²) in [5.74, 6) is 0.595. The molecule has 104 valence electrons. The number of likely N-dealkylation sites (N-methyl/N-ethyl adjacent to an activating group) is 1. The third-order valence-corrected chi connectivity index (χ3v) is 3.51. The molecule has 2 rings (SSSR count). The lowest BCUT2D eigenvalue weighted by atomic mass is 10.2. The summed E-state index contributed by atoms with van der Waals surface area (Å²) in [4.78, 5) is 19.5. The van der Waals surface area contributed by atoms with E-state index in [1.54, 1.807) is 6.20 Å². The van der Waals surface area contributed by atoms with Crippen molar-refractivity contribution in [2.24, 2.45) is 0 Å². The number of carbonyl (C=O) groups excluding carboxylic acids is 1. The van der Waals surface area contributed by atoms with Crippen LogP contribution in [-0.2, 0) is 0 Å². The summed E-state index contributed by atoms with van der Waals surface area (Å²) in [6.45, 7) is 7.86. The van der Waals surface area contributed by atoms with Crippen LogP contribution in [-0.4, -0.2) is 67.4 Å². The first kappa shape index (κ1) is 14.0. The van der Waals surface area contributed by atoms with Crippen molar-refractivity contribution >= 4 is 6.29 Å². The second-order valence-electron chi connectivity index (χ2n) is 4.99. The van der Waals surface area contributed by atoms with Crippen LogP contribution in [0.2, 0.25) is 0 Å². The highest BCUT2D eigenvalue weighted by Gasteiger charge is 2.13. The summed E-state index contributed by atoms with van der Waals surface area (Å²) in [6, 6.07) is 1.81. The van der Waals surface area contributed by atoms with Gasteiger partial charge in [0.2, 0.25) is 5.88 Å². The predicted molar refractivity (Wildman–Crippen MR) is 73.8 cm³/mol. The van der Waals surface area contributed by atoms with E-state index in [0.717, 1.165) is 44.6 Å². The van der Waals surface area contributed by atoms with Crippen molar-refractivity contribution in [1.82, 2.24) is 14.8 Å². The van der Waals surface area contributed by atoms with Crippen molar-refractivity contribution < 1.29 is 9.53 Å². The van der Waals surface area contributed by atoms with Crippen molar-refractivity contribution in [3.8, 4) is 5.88 Å². The van der Waals surface area contributed by atoms with Crippen LogP contribution < -0.4 is 4.74 Å². The molecule has 1 aromatic heterocycles. The summed E-state index contributed by atoms with van der Waals surface area (Å²) in [5, 5.41) is 0. The quantitative estimate of drug-likeness (QED) is 0.736. The van der Waals surface area contributed by atoms with Crippen LogP contribution in [0.3, 0.4) is 0 Å². The van der Waals surface area contributed by atoms with Gasteiger partial charge in [-0.3, -0.25) is 9.69 Å². The van der Waals surface area contributed by atoms with Crippen LogP contribution in [0.25, 0.3) is 0 Å². The fourth-order valence-corrected chi connectivity index (χ4v) is 2.09. The van der Waals surface area contributed by atoms with E-state index in [2.05, 4.69) is 21.8 Å². The minimum Gasteiger partial charge on any atom is -0.476 e. The lowest BCUT2D eigenvalue weighted by Crippen LogP contribution is -2.45. The van der Waals surface area contributed by atoms with Gasteiger partial charge in [0.15, 0.2) is 6.29 Å². The van der Waals surface area contributed by atoms with E-state index < -0.39 is 0 Å². The molecule has 0 atom stereocenters. The van der Waals surface area contributed by atoms with E-state index in [1.807, 2.05) is 13.0 Å². The van der Waals surface area contributed by atoms with Gasteiger partial charge in [-0.2, -0.15) is 0 Å². The first-order valence-corrected chi connectivity index (χ1v) is 6.64. The van der Waals surface area contributed by atoms with Gasteiger partial charge < -0.3 is 9.64 Å². The monoisotopic (exact) mass is 263 g/mol. The van der Waals surface area contributed by atoms with Gasteiger partial charge in [0, 0.05) is 50.6 Å². The average Bonchev–Trinajstić information content (AvgIpc) is 2.41. The molecular weight excluding hydrogens is 242 g/mol. The number of aryl methyl sites for hydroxylation is 1. The molecule has 0 unspecified atom stereocenters. The number of pyridine rings is 1. The molecule has 1 aromatic rings. The zero-order chi connectivity index (χ0) is 13.7. The number of hydrogen-bond acceptors (Lipinski definition) is 5. The van der Waals surface area contributed by atoms with Crippen molar-refractivity contribution in [3.05, 3.63) is 23.4 Å². The van der Waals surface area contributed by atoms with Gasteiger partial charge in [0.1, 0.15) is 6.61 Å². The van der Waals surface area contributed by atoms with Crippen LogP contribution in [0.1, 0.15) is 15.9 Å². The molecule has 0 aliphatic carbocycles. The Labute approximate surface area is 114 Å². The van der Waals surface area contributed by atoms with Gasteiger partial charge in [0.25, 0.3) is 0 Å². The van der Waals surface area contributed by atoms with Gasteiger partial charge in [-0.05, 0) is 19.5 Å². The van der Waals surface area contributed by atoms with Crippen LogP contribution >= 0.6 is 0 Å². The fourth-order valence-electron chi connectivity index (χ4n) is 2.09. The maximum atomic E-state index is 10.7. The van der Waals surface area contributed by atoms with Crippen molar-refractivity contribution in [2.45, 2.75) is 6.92 Å². The molecule has 0 bridgehead atoms. The van der Waals surface area contributed by atoms with Gasteiger partial charge in [0.05, 0.1) is 0 Å². The minimum atomic E-state index is 0.595. The Kier molecular flexibility index (Phi) is 4.87. The lowest BCUT2D eigenvalue weighted by molar-refractivity contribution is 0.112. The summed E-state index contributed by atoms with van der Waals surface area (Å²) in [5.41, 5.74) is 1.52. The smallest absolute Gasteiger partial charge is 0.213 e. The normalized spacial score (nSPS) is 17.4. The Hall–Kier alpha value is -1.46. The SMILES string of the molecule is Cc1cc(OCCN2CCN(C)CC2)ncc1C=O. The standard InChI is InChI=1S/C14H21N3O2/c1-12-9-14(15-10-13(12)11-18)19-8-7-17-5-3-16(2)4-6-17/h9-11H,3-8H2,1-2H3. The molecule has 1 fully saturated rings. The molecule has 1 aliphatic heterocycles. The Morgan fingerprint density at radius 1 is 1.37 bits per heavy atom. The number of piperazine rings is 1. The predicted octanol–water partition coefficient (Wildman–Crippen LogP) is 0.829. The molecule has 0 saturated carbocycles. The molecular formula is C14H21N3O2. The van der Waals surface area contributed by atoms with Gasteiger partial charge in [-0.15, -0.1) is 0 Å². The first-order chi connectivity index (χ1) is 9.19. The van der Waals surface area contributed by atoms with Crippen LogP contribution in [0, 0.1) is 6.92 Å². The second kappa shape index (κ2) is 6.63. The second-order valence-corrected chi connectivity index (χ2v) is 4.99. The number of hydrogen-bond donors (Lipinski definition) is 0. The molecule has 1 aliphatic rings. The Bertz CT molecular complexity index is 429. The van der Waals surface area contributed by atoms with E-state index in [0.29, 0.717) is 18.1 Å². The molecule has 0 amide bonds. The van der Waals surface area contributed by atoms with Crippen LogP contribution in [0.4, 0.5) is 0 Å². The molecule has 5 nitrogen and oxygen atoms in total. The topological polar surface area (TPSA) is 45.7 Å². The largest absolute Gasteiger partial charge is 0.476 e. The van der Waals surface area contributed by atoms with Crippen molar-refractivity contribution in [3.63, 3.8) is 0 Å². The lowest BCUT2D eigenvalue weighted by Gasteiger charge is -2.32. The molecule has 0 N–H and O–H groups in total. The Morgan fingerprint density at radius 3 is 2.74 bits per heavy atom. The Balaban J connectivity index is 1.76. The summed E-state index contributed by atoms with van der Waals surface area (Å²) >= 11 is 0. The van der Waals surface area contributed by atoms with Crippen LogP contribution in [0.15, 0.2) is 12.3 Å². The van der Waals surface area contributed by atoms with E-state index in [1.165, 1.54) is 0 Å². The minimum absolute atomic E-state index is 0.595. The van der Waals surface area contributed by atoms with Crippen molar-refractivity contribution in [2.75, 3.05) is 46.4 Å². The zero-order valence-corrected chi connectivity index (χ0v) is 11.6. The van der Waals surface area contributed by atoms with E-state index in [9.17, 15) is 4.79 Å². The number of aromatic nitrogens is 1. The van der Waals surface area contributed by atoms with Crippen LogP contribution in [0.5, 0.6) is 5.88 Å². The molecule has 0 radical (unpaired) electrons. The highest BCUT2D eigenvalue weighted by molar-refractivity contribution is 5.76. The van der Waals surface area contributed by atoms with E-state index >= 15 is 0 Å². The van der Waals surface area contributed by atoms with Gasteiger partial charge >= 0.3 is 0 Å². The van der Waals surface area contributed by atoms with Gasteiger partial charge in [-0.1, -0.05) is 0 Å². The van der Waals surface area contributed by atoms with E-state index in [4.69, 9.17) is 4.74 Å². The van der Waals surface area contributed by atoms with Crippen molar-refractivity contribution in [1.29, 1.82) is 0 Å². The summed E-state index contributed by atoms with van der Waals surface area (Å²) in [7, 11) is 2.15. The molecule has 0 spiro atoms. The number of carbonyl (C=O) groups is 1. The zero-order valence-electron chi connectivity index (χ0n) is 11.6.